The molecule has 0 spiro atoms. The summed E-state index contributed by atoms with van der Waals surface area (Å²) < 4.78 is 31.1. The van der Waals surface area contributed by atoms with Gasteiger partial charge >= 0.3 is 0 Å². The Hall–Kier alpha value is -2.49. The van der Waals surface area contributed by atoms with E-state index in [4.69, 9.17) is 27.9 Å². The average molecular weight is 530 g/mol. The molecule has 0 aliphatic heterocycles. The number of nitrogens with one attached hydrogen (secondary N) is 1. The number of carbonyl (C=O) groups is 2. The van der Waals surface area contributed by atoms with Gasteiger partial charge in [-0.25, -0.2) is 8.42 Å². The lowest BCUT2D eigenvalue weighted by Gasteiger charge is -2.29. The molecular formula is C23H29Cl2N3O5S. The molecule has 186 valence electrons. The first-order chi connectivity index (χ1) is 16.0. The molecule has 34 heavy (non-hydrogen) atoms. The smallest absolute Gasteiger partial charge is 0.242 e. The van der Waals surface area contributed by atoms with Crippen molar-refractivity contribution >= 4 is 50.7 Å². The Bertz CT molecular complexity index is 1090. The number of likely N-dealkylation sites (N-methyl/N-ethyl adjacent to an activating group) is 1. The quantitative estimate of drug-likeness (QED) is 0.478. The highest BCUT2D eigenvalue weighted by Crippen LogP contribution is 2.27. The van der Waals surface area contributed by atoms with E-state index >= 15 is 0 Å². The largest absolute Gasteiger partial charge is 0.497 e. The van der Waals surface area contributed by atoms with Crippen molar-refractivity contribution in [2.45, 2.75) is 32.4 Å². The zero-order chi connectivity index (χ0) is 25.5. The number of hydrogen-bond acceptors (Lipinski definition) is 5. The van der Waals surface area contributed by atoms with E-state index in [0.717, 1.165) is 6.26 Å². The van der Waals surface area contributed by atoms with Crippen LogP contribution >= 0.6 is 23.2 Å². The van der Waals surface area contributed by atoms with Crippen LogP contribution in [0.2, 0.25) is 10.0 Å². The van der Waals surface area contributed by atoms with E-state index in [-0.39, 0.29) is 37.7 Å². The van der Waals surface area contributed by atoms with Gasteiger partial charge in [-0.2, -0.15) is 0 Å². The first kappa shape index (κ1) is 27.8. The summed E-state index contributed by atoms with van der Waals surface area (Å²) in [5.74, 6) is -0.0627. The highest BCUT2D eigenvalue weighted by molar-refractivity contribution is 7.92. The molecule has 1 atom stereocenters. The number of rotatable bonds is 11. The SMILES string of the molecule is CNC(=O)[C@@H](C)N(Cc1c(Cl)cccc1Cl)C(=O)CCCN(c1ccc(OC)cc1)S(C)(=O)=O. The standard InChI is InChI=1S/C23H29Cl2N3O5S/c1-16(23(30)26-2)27(15-19-20(24)7-5-8-21(19)25)22(29)9-6-14-28(34(4,31)32)17-10-12-18(33-3)13-11-17/h5,7-8,10-13,16H,6,9,14-15H2,1-4H3,(H,26,30)/t16-/m1/s1. The van der Waals surface area contributed by atoms with Gasteiger partial charge in [0.05, 0.1) is 19.1 Å². The maximum absolute atomic E-state index is 13.2. The third-order valence-electron chi connectivity index (χ3n) is 5.32. The molecule has 0 aliphatic carbocycles. The molecule has 1 N–H and O–H groups in total. The van der Waals surface area contributed by atoms with Crippen molar-refractivity contribution in [3.63, 3.8) is 0 Å². The number of sulfonamides is 1. The summed E-state index contributed by atoms with van der Waals surface area (Å²) in [5.41, 5.74) is 1.00. The van der Waals surface area contributed by atoms with E-state index in [0.29, 0.717) is 27.0 Å². The molecular weight excluding hydrogens is 501 g/mol. The van der Waals surface area contributed by atoms with Crippen LogP contribution < -0.4 is 14.4 Å². The van der Waals surface area contributed by atoms with E-state index in [2.05, 4.69) is 5.32 Å². The summed E-state index contributed by atoms with van der Waals surface area (Å²) >= 11 is 12.6. The van der Waals surface area contributed by atoms with E-state index in [1.807, 2.05) is 0 Å². The Morgan fingerprint density at radius 2 is 1.68 bits per heavy atom. The maximum atomic E-state index is 13.2. The molecule has 2 amide bonds. The van der Waals surface area contributed by atoms with Crippen LogP contribution in [0.15, 0.2) is 42.5 Å². The number of amides is 2. The van der Waals surface area contributed by atoms with Crippen LogP contribution in [-0.2, 0) is 26.2 Å². The number of benzene rings is 2. The summed E-state index contributed by atoms with van der Waals surface area (Å²) in [4.78, 5) is 26.9. The molecule has 0 aromatic heterocycles. The topological polar surface area (TPSA) is 96.0 Å². The fraction of sp³-hybridized carbons (Fsp3) is 0.391. The minimum Gasteiger partial charge on any atom is -0.497 e. The molecule has 0 saturated heterocycles. The predicted molar refractivity (Wildman–Crippen MR) is 135 cm³/mol. The maximum Gasteiger partial charge on any atom is 0.242 e. The van der Waals surface area contributed by atoms with E-state index in [1.165, 1.54) is 23.4 Å². The number of halogens is 2. The van der Waals surface area contributed by atoms with Gasteiger partial charge in [0.1, 0.15) is 11.8 Å². The van der Waals surface area contributed by atoms with Crippen LogP contribution in [0.4, 0.5) is 5.69 Å². The summed E-state index contributed by atoms with van der Waals surface area (Å²) in [6.45, 7) is 1.74. The molecule has 0 fully saturated rings. The van der Waals surface area contributed by atoms with Crippen molar-refractivity contribution in [1.29, 1.82) is 0 Å². The van der Waals surface area contributed by atoms with Crippen molar-refractivity contribution in [2.24, 2.45) is 0 Å². The van der Waals surface area contributed by atoms with E-state index < -0.39 is 16.1 Å². The monoisotopic (exact) mass is 529 g/mol. The second kappa shape index (κ2) is 12.3. The zero-order valence-corrected chi connectivity index (χ0v) is 21.9. The van der Waals surface area contributed by atoms with Crippen molar-refractivity contribution in [3.8, 4) is 5.75 Å². The van der Waals surface area contributed by atoms with Crippen LogP contribution in [0.3, 0.4) is 0 Å². The minimum absolute atomic E-state index is 0.0194. The number of anilines is 1. The van der Waals surface area contributed by atoms with Gasteiger partial charge in [-0.1, -0.05) is 29.3 Å². The Labute approximate surface area is 210 Å². The lowest BCUT2D eigenvalue weighted by Crippen LogP contribution is -2.47. The predicted octanol–water partition coefficient (Wildman–Crippen LogP) is 3.71. The minimum atomic E-state index is -3.58. The fourth-order valence-corrected chi connectivity index (χ4v) is 4.88. The molecule has 2 rings (SSSR count). The third kappa shape index (κ3) is 7.25. The summed E-state index contributed by atoms with van der Waals surface area (Å²) in [6.07, 6.45) is 1.37. The molecule has 11 heteroatoms. The van der Waals surface area contributed by atoms with E-state index in [1.54, 1.807) is 49.4 Å². The van der Waals surface area contributed by atoms with Crippen LogP contribution in [0, 0.1) is 0 Å². The van der Waals surface area contributed by atoms with Gasteiger partial charge in [0.2, 0.25) is 21.8 Å². The Morgan fingerprint density at radius 3 is 2.18 bits per heavy atom. The fourth-order valence-electron chi connectivity index (χ4n) is 3.40. The Balaban J connectivity index is 2.19. The molecule has 0 aliphatic rings. The second-order valence-corrected chi connectivity index (χ2v) is 10.4. The number of nitrogens with zero attached hydrogens (tertiary/aromatic N) is 2. The number of methoxy groups -OCH3 is 1. The number of carbonyl (C=O) groups excluding carboxylic acids is 2. The number of hydrogen-bond donors (Lipinski definition) is 1. The van der Waals surface area contributed by atoms with Crippen molar-refractivity contribution < 1.29 is 22.7 Å². The van der Waals surface area contributed by atoms with Gasteiger partial charge in [-0.15, -0.1) is 0 Å². The first-order valence-electron chi connectivity index (χ1n) is 10.5. The van der Waals surface area contributed by atoms with Crippen molar-refractivity contribution in [1.82, 2.24) is 10.2 Å². The second-order valence-electron chi connectivity index (χ2n) is 7.65. The van der Waals surface area contributed by atoms with Crippen molar-refractivity contribution in [3.05, 3.63) is 58.1 Å². The normalized spacial score (nSPS) is 12.1. The molecule has 0 saturated carbocycles. The molecule has 0 radical (unpaired) electrons. The van der Waals surface area contributed by atoms with Gasteiger partial charge in [0, 0.05) is 42.2 Å². The molecule has 0 heterocycles. The Morgan fingerprint density at radius 1 is 1.09 bits per heavy atom. The molecule has 2 aromatic carbocycles. The summed E-state index contributed by atoms with van der Waals surface area (Å²) in [5, 5.41) is 3.32. The van der Waals surface area contributed by atoms with Crippen molar-refractivity contribution in [2.75, 3.05) is 31.3 Å². The van der Waals surface area contributed by atoms with Gasteiger partial charge in [-0.05, 0) is 49.7 Å². The number of ether oxygens (including phenoxy) is 1. The van der Waals surface area contributed by atoms with Gasteiger partial charge in [0.15, 0.2) is 0 Å². The first-order valence-corrected chi connectivity index (χ1v) is 13.2. The lowest BCUT2D eigenvalue weighted by molar-refractivity contribution is -0.140. The van der Waals surface area contributed by atoms with Crippen LogP contribution in [-0.4, -0.2) is 58.1 Å². The van der Waals surface area contributed by atoms with Crippen LogP contribution in [0.1, 0.15) is 25.3 Å². The van der Waals surface area contributed by atoms with Gasteiger partial charge in [-0.3, -0.25) is 13.9 Å². The summed E-state index contributed by atoms with van der Waals surface area (Å²) in [7, 11) is -0.568. The van der Waals surface area contributed by atoms with Gasteiger partial charge in [0.25, 0.3) is 0 Å². The lowest BCUT2D eigenvalue weighted by atomic mass is 10.1. The molecule has 0 bridgehead atoms. The summed E-state index contributed by atoms with van der Waals surface area (Å²) in [6, 6.07) is 10.8. The molecule has 8 nitrogen and oxygen atoms in total. The van der Waals surface area contributed by atoms with Crippen LogP contribution in [0.25, 0.3) is 0 Å². The van der Waals surface area contributed by atoms with Gasteiger partial charge < -0.3 is 15.0 Å². The zero-order valence-electron chi connectivity index (χ0n) is 19.5. The van der Waals surface area contributed by atoms with Crippen LogP contribution in [0.5, 0.6) is 5.75 Å². The third-order valence-corrected chi connectivity index (χ3v) is 7.22. The molecule has 2 aromatic rings. The average Bonchev–Trinajstić information content (AvgIpc) is 2.80. The highest BCUT2D eigenvalue weighted by Gasteiger charge is 2.27. The molecule has 0 unspecified atom stereocenters. The Kier molecular flexibility index (Phi) is 10.0. The van der Waals surface area contributed by atoms with E-state index in [9.17, 15) is 18.0 Å². The highest BCUT2D eigenvalue weighted by atomic mass is 35.5.